The number of aliphatic hydroxyl groups excluding tert-OH is 1. The van der Waals surface area contributed by atoms with Crippen molar-refractivity contribution in [2.75, 3.05) is 0 Å². The number of aryl methyl sites for hydroxylation is 8. The first kappa shape index (κ1) is 75.6. The molecule has 0 aliphatic rings. The van der Waals surface area contributed by atoms with E-state index >= 15 is 0 Å². The summed E-state index contributed by atoms with van der Waals surface area (Å²) in [5.74, 6) is -0.0625. The molecule has 468 valence electrons. The number of benzene rings is 8. The maximum absolute atomic E-state index is 10.0. The Bertz CT molecular complexity index is 4010. The molecule has 0 saturated carbocycles. The van der Waals surface area contributed by atoms with E-state index in [2.05, 4.69) is 227 Å². The fraction of sp³-hybridized carbons (Fsp3) is 0.123. The largest absolute Gasteiger partial charge is 0.512 e. The molecule has 12 rings (SSSR count). The average Bonchev–Trinajstić information content (AvgIpc) is 3.70. The van der Waals surface area contributed by atoms with Crippen molar-refractivity contribution < 1.29 is 90.3 Å². The number of aliphatic hydroxyl groups is 1. The van der Waals surface area contributed by atoms with Crippen LogP contribution in [0.5, 0.6) is 0 Å². The van der Waals surface area contributed by atoms with E-state index in [0.717, 1.165) is 72.8 Å². The second kappa shape index (κ2) is 38.1. The van der Waals surface area contributed by atoms with Gasteiger partial charge in [0, 0.05) is 111 Å². The Morgan fingerprint density at radius 1 is 0.363 bits per heavy atom. The Balaban J connectivity index is 0.000000246. The number of hydrogen-bond acceptors (Lipinski definition) is 6. The van der Waals surface area contributed by atoms with E-state index < -0.39 is 0 Å². The van der Waals surface area contributed by atoms with E-state index in [1.807, 2.05) is 116 Å². The first-order valence-electron chi connectivity index (χ1n) is 29.0. The van der Waals surface area contributed by atoms with Gasteiger partial charge in [-0.2, -0.15) is 0 Å². The summed E-state index contributed by atoms with van der Waals surface area (Å²) < 4.78 is 0. The first-order chi connectivity index (χ1) is 42.0. The Labute approximate surface area is 593 Å². The van der Waals surface area contributed by atoms with Crippen LogP contribution in [-0.2, 0) is 85.2 Å². The number of ketones is 1. The van der Waals surface area contributed by atoms with Crippen molar-refractivity contribution in [3.05, 3.63) is 324 Å². The average molecular weight is 1900 g/mol. The fourth-order valence-electron chi connectivity index (χ4n) is 9.65. The number of hydrogen-bond donors (Lipinski definition) is 1. The Hall–Kier alpha value is -7.83. The van der Waals surface area contributed by atoms with Gasteiger partial charge in [-0.15, -0.1) is 141 Å². The summed E-state index contributed by atoms with van der Waals surface area (Å²) in [5.41, 5.74) is 27.4. The zero-order valence-electron chi connectivity index (χ0n) is 52.6. The summed E-state index contributed by atoms with van der Waals surface area (Å²) in [7, 11) is 0. The Kier molecular flexibility index (Phi) is 31.7. The van der Waals surface area contributed by atoms with Crippen molar-refractivity contribution in [3.63, 3.8) is 0 Å². The number of carbonyl (C=O) groups is 1. The molecule has 8 aromatic carbocycles. The van der Waals surface area contributed by atoms with Crippen molar-refractivity contribution in [1.29, 1.82) is 0 Å². The molecule has 0 unspecified atom stereocenters. The standard InChI is InChI=1S/4C19H16N.C5H8O2.4Ir/c1-14-8-10-18(15(2)12-14)19-11-9-17(13-20-19)16-6-4-3-5-7-16;1-14-10-15(2)12-18(11-14)17-8-9-19(20-13-17)16-6-4-3-5-7-16;1-14-10-15(2)12-18(11-14)19-9-8-17(13-20-19)16-6-4-3-5-7-16;1-14-8-9-17(12-15(14)2)19-11-10-18(13-20-19)16-6-4-3-5-7-16;1-4(6)3-5(2)7;;;;/h3-9,11-13H,1-2H3;3-6,8-13H,1-2H3;3-11,13H,1-2H3;3-8,10-13H,1-2H3;3,6H,1-2H3;;;;/q4*-1;;;;;. The number of pyridine rings is 4. The predicted molar refractivity (Wildman–Crippen MR) is 361 cm³/mol. The molecule has 91 heavy (non-hydrogen) atoms. The maximum Gasteiger partial charge on any atom is 0.155 e. The number of allylic oxidation sites excluding steroid dienone is 2. The smallest absolute Gasteiger partial charge is 0.155 e. The third-order valence-electron chi connectivity index (χ3n) is 14.0. The van der Waals surface area contributed by atoms with E-state index in [-0.39, 0.29) is 92.0 Å². The van der Waals surface area contributed by atoms with Gasteiger partial charge < -0.3 is 25.0 Å². The van der Waals surface area contributed by atoms with Gasteiger partial charge in [0.1, 0.15) is 0 Å². The van der Waals surface area contributed by atoms with Gasteiger partial charge >= 0.3 is 0 Å². The monoisotopic (exact) mass is 1900 g/mol. The molecule has 4 aromatic heterocycles. The topological polar surface area (TPSA) is 88.9 Å². The van der Waals surface area contributed by atoms with Gasteiger partial charge in [-0.05, 0) is 95.0 Å². The normalized spacial score (nSPS) is 10.1. The van der Waals surface area contributed by atoms with Gasteiger partial charge in [0.2, 0.25) is 0 Å². The minimum atomic E-state index is -0.125. The van der Waals surface area contributed by atoms with Crippen LogP contribution >= 0.6 is 0 Å². The zero-order valence-corrected chi connectivity index (χ0v) is 62.2. The van der Waals surface area contributed by atoms with Crippen LogP contribution in [-0.4, -0.2) is 30.8 Å². The SMILES string of the molecule is CC(=O)C=C(C)O.Cc1[c-]c(-c2ccc(-c3ccccc3)cn2)cc(C)c1.Cc1c[c-]c(-c2ccc(-c3ccccc3)cn2)c(C)c1.Cc1c[c-]c(-c2ccc(-c3ccccc3)cn2)cc1C.Cc1cc(C)cc(-c2ccc(-c3[c-]cccc3)nc2)c1.[Ir].[Ir].[Ir].[Ir]. The second-order valence-corrected chi connectivity index (χ2v) is 21.6. The molecule has 0 bridgehead atoms. The number of carbonyl (C=O) groups excluding carboxylic acids is 1. The fourth-order valence-corrected chi connectivity index (χ4v) is 9.65. The van der Waals surface area contributed by atoms with Crippen LogP contribution in [0.15, 0.2) is 255 Å². The van der Waals surface area contributed by atoms with Crippen LogP contribution in [0.1, 0.15) is 58.4 Å². The van der Waals surface area contributed by atoms with Gasteiger partial charge in [0.05, 0.1) is 5.76 Å². The van der Waals surface area contributed by atoms with Crippen molar-refractivity contribution in [2.45, 2.75) is 69.2 Å². The second-order valence-electron chi connectivity index (χ2n) is 21.6. The van der Waals surface area contributed by atoms with E-state index in [0.29, 0.717) is 0 Å². The minimum absolute atomic E-state index is 0. The number of rotatable bonds is 9. The van der Waals surface area contributed by atoms with Crippen LogP contribution in [0.2, 0.25) is 0 Å². The summed E-state index contributed by atoms with van der Waals surface area (Å²) >= 11 is 0. The number of aromatic nitrogens is 4. The predicted octanol–water partition coefficient (Wildman–Crippen LogP) is 20.4. The molecular formula is C81H72Ir4N4O2-4. The maximum atomic E-state index is 10.0. The van der Waals surface area contributed by atoms with Crippen molar-refractivity contribution in [2.24, 2.45) is 0 Å². The van der Waals surface area contributed by atoms with E-state index in [1.54, 1.807) is 0 Å². The Morgan fingerprint density at radius 2 is 0.802 bits per heavy atom. The molecule has 4 radical (unpaired) electrons. The van der Waals surface area contributed by atoms with Gasteiger partial charge in [-0.25, -0.2) is 0 Å². The minimum Gasteiger partial charge on any atom is -0.512 e. The molecule has 10 heteroatoms. The molecule has 4 heterocycles. The van der Waals surface area contributed by atoms with E-state index in [9.17, 15) is 4.79 Å². The molecule has 0 fully saturated rings. The van der Waals surface area contributed by atoms with E-state index in [4.69, 9.17) is 5.11 Å². The first-order valence-corrected chi connectivity index (χ1v) is 29.0. The van der Waals surface area contributed by atoms with Crippen molar-refractivity contribution in [3.8, 4) is 89.5 Å². The zero-order chi connectivity index (χ0) is 61.7. The van der Waals surface area contributed by atoms with Crippen LogP contribution in [0.25, 0.3) is 89.5 Å². The van der Waals surface area contributed by atoms with Crippen LogP contribution in [0, 0.1) is 79.7 Å². The molecule has 12 aromatic rings. The molecule has 6 nitrogen and oxygen atoms in total. The third-order valence-corrected chi connectivity index (χ3v) is 14.0. The number of nitrogens with zero attached hydrogens (tertiary/aromatic N) is 4. The molecule has 0 amide bonds. The summed E-state index contributed by atoms with van der Waals surface area (Å²) in [4.78, 5) is 28.3. The summed E-state index contributed by atoms with van der Waals surface area (Å²) in [6, 6.07) is 87.8. The molecule has 0 aliphatic heterocycles. The molecule has 0 aliphatic carbocycles. The van der Waals surface area contributed by atoms with Crippen LogP contribution in [0.4, 0.5) is 0 Å². The van der Waals surface area contributed by atoms with Crippen molar-refractivity contribution in [1.82, 2.24) is 19.9 Å². The van der Waals surface area contributed by atoms with Gasteiger partial charge in [0.15, 0.2) is 5.78 Å². The van der Waals surface area contributed by atoms with Gasteiger partial charge in [0.25, 0.3) is 0 Å². The molecule has 0 atom stereocenters. The van der Waals surface area contributed by atoms with Gasteiger partial charge in [-0.3, -0.25) is 4.79 Å². The quantitative estimate of drug-likeness (QED) is 0.0880. The molecule has 0 saturated heterocycles. The van der Waals surface area contributed by atoms with E-state index in [1.165, 1.54) is 81.1 Å². The van der Waals surface area contributed by atoms with Gasteiger partial charge in [-0.1, -0.05) is 210 Å². The Morgan fingerprint density at radius 3 is 1.20 bits per heavy atom. The van der Waals surface area contributed by atoms with Crippen molar-refractivity contribution >= 4 is 5.78 Å². The van der Waals surface area contributed by atoms with Crippen LogP contribution < -0.4 is 0 Å². The third kappa shape index (κ3) is 23.4. The molecule has 0 spiro atoms. The van der Waals surface area contributed by atoms with Crippen LogP contribution in [0.3, 0.4) is 0 Å². The summed E-state index contributed by atoms with van der Waals surface area (Å²) in [6.45, 7) is 19.7. The molecular weight excluding hydrogens is 1830 g/mol. The summed E-state index contributed by atoms with van der Waals surface area (Å²) in [5, 5.41) is 8.36. The molecule has 1 N–H and O–H groups in total. The summed E-state index contributed by atoms with van der Waals surface area (Å²) in [6.07, 6.45) is 8.88.